The zero-order chi connectivity index (χ0) is 16.4. The predicted molar refractivity (Wildman–Crippen MR) is 94.0 cm³/mol. The van der Waals surface area contributed by atoms with Crippen LogP contribution in [0.2, 0.25) is 5.02 Å². The number of hydrogen-bond donors (Lipinski definition) is 2. The van der Waals surface area contributed by atoms with Crippen molar-refractivity contribution in [3.05, 3.63) is 64.2 Å². The van der Waals surface area contributed by atoms with Crippen molar-refractivity contribution in [1.29, 1.82) is 0 Å². The Morgan fingerprint density at radius 2 is 1.96 bits per heavy atom. The van der Waals surface area contributed by atoms with Gasteiger partial charge in [0.25, 0.3) is 5.91 Å². The molecule has 2 N–H and O–H groups in total. The summed E-state index contributed by atoms with van der Waals surface area (Å²) in [5, 5.41) is 3.66. The third-order valence-electron chi connectivity index (χ3n) is 4.71. The van der Waals surface area contributed by atoms with Gasteiger partial charge in [0.2, 0.25) is 0 Å². The number of benzene rings is 2. The molecule has 4 heteroatoms. The summed E-state index contributed by atoms with van der Waals surface area (Å²) in [6.45, 7) is 5.86. The summed E-state index contributed by atoms with van der Waals surface area (Å²) in [5.74, 6) is 0.0461. The fourth-order valence-corrected chi connectivity index (χ4v) is 3.30. The van der Waals surface area contributed by atoms with Crippen molar-refractivity contribution in [3.8, 4) is 0 Å². The van der Waals surface area contributed by atoms with Crippen molar-refractivity contribution in [2.75, 3.05) is 11.9 Å². The third-order valence-corrected chi connectivity index (χ3v) is 4.95. The molecular formula is C19H22ClN2O+. The maximum Gasteiger partial charge on any atom is 0.282 e. The molecule has 0 spiro atoms. The highest BCUT2D eigenvalue weighted by molar-refractivity contribution is 6.31. The Hall–Kier alpha value is -1.84. The van der Waals surface area contributed by atoms with Gasteiger partial charge in [0.05, 0.1) is 6.54 Å². The molecule has 2 atom stereocenters. The van der Waals surface area contributed by atoms with E-state index in [1.54, 1.807) is 0 Å². The van der Waals surface area contributed by atoms with E-state index in [1.165, 1.54) is 16.0 Å². The molecule has 0 bridgehead atoms. The van der Waals surface area contributed by atoms with E-state index in [0.717, 1.165) is 30.8 Å². The molecule has 0 radical (unpaired) electrons. The number of amides is 1. The van der Waals surface area contributed by atoms with Gasteiger partial charge in [0.15, 0.2) is 6.04 Å². The van der Waals surface area contributed by atoms with Gasteiger partial charge in [0, 0.05) is 22.7 Å². The van der Waals surface area contributed by atoms with Crippen molar-refractivity contribution in [3.63, 3.8) is 0 Å². The summed E-state index contributed by atoms with van der Waals surface area (Å²) < 4.78 is 0. The number of rotatable bonds is 3. The molecular weight excluding hydrogens is 308 g/mol. The summed E-state index contributed by atoms with van der Waals surface area (Å²) >= 11 is 6.03. The number of nitrogens with one attached hydrogen (secondary N) is 2. The number of aryl methyl sites for hydroxylation is 1. The zero-order valence-electron chi connectivity index (χ0n) is 13.5. The van der Waals surface area contributed by atoms with E-state index < -0.39 is 0 Å². The average Bonchev–Trinajstić information content (AvgIpc) is 2.57. The summed E-state index contributed by atoms with van der Waals surface area (Å²) in [6.07, 6.45) is 1.03. The minimum absolute atomic E-state index is 0.0461. The van der Waals surface area contributed by atoms with E-state index in [2.05, 4.69) is 29.6 Å². The summed E-state index contributed by atoms with van der Waals surface area (Å²) in [6, 6.07) is 14.0. The number of anilines is 1. The van der Waals surface area contributed by atoms with Crippen molar-refractivity contribution >= 4 is 23.2 Å². The van der Waals surface area contributed by atoms with Crippen molar-refractivity contribution < 1.29 is 9.69 Å². The minimum atomic E-state index is -0.0956. The second-order valence-electron chi connectivity index (χ2n) is 6.27. The Bertz CT molecular complexity index is 729. The SMILES string of the molecule is Cc1ccc(Cl)cc1NC(=O)[C@H](C)[NH+]1CCc2ccccc2C1. The fourth-order valence-electron chi connectivity index (χ4n) is 3.13. The first kappa shape index (κ1) is 16.0. The lowest BCUT2D eigenvalue weighted by molar-refractivity contribution is -0.929. The lowest BCUT2D eigenvalue weighted by Crippen LogP contribution is -3.16. The van der Waals surface area contributed by atoms with Crippen molar-refractivity contribution in [2.45, 2.75) is 32.9 Å². The van der Waals surface area contributed by atoms with Crippen LogP contribution in [0.4, 0.5) is 5.69 Å². The van der Waals surface area contributed by atoms with Crippen LogP contribution < -0.4 is 10.2 Å². The molecule has 1 unspecified atom stereocenters. The van der Waals surface area contributed by atoms with Crippen LogP contribution in [0.1, 0.15) is 23.6 Å². The number of halogens is 1. The first-order valence-corrected chi connectivity index (χ1v) is 8.41. The maximum atomic E-state index is 12.6. The van der Waals surface area contributed by atoms with Gasteiger partial charge in [-0.3, -0.25) is 4.79 Å². The van der Waals surface area contributed by atoms with Gasteiger partial charge in [0.1, 0.15) is 6.54 Å². The molecule has 2 aromatic rings. The summed E-state index contributed by atoms with van der Waals surface area (Å²) in [4.78, 5) is 13.9. The standard InChI is InChI=1S/C19H21ClN2O/c1-13-7-8-17(20)11-18(13)21-19(23)14(2)22-10-9-15-5-3-4-6-16(15)12-22/h3-8,11,14H,9-10,12H2,1-2H3,(H,21,23)/p+1/t14-/m0/s1. The molecule has 1 aliphatic rings. The molecule has 0 aliphatic carbocycles. The van der Waals surface area contributed by atoms with Crippen LogP contribution >= 0.6 is 11.6 Å². The van der Waals surface area contributed by atoms with Crippen molar-refractivity contribution in [1.82, 2.24) is 0 Å². The highest BCUT2D eigenvalue weighted by Crippen LogP contribution is 2.20. The lowest BCUT2D eigenvalue weighted by atomic mass is 9.98. The second kappa shape index (κ2) is 6.73. The Morgan fingerprint density at radius 1 is 1.22 bits per heavy atom. The normalized spacial score (nSPS) is 18.1. The van der Waals surface area contributed by atoms with E-state index >= 15 is 0 Å². The molecule has 0 saturated heterocycles. The van der Waals surface area contributed by atoms with E-state index in [4.69, 9.17) is 11.6 Å². The van der Waals surface area contributed by atoms with Crippen LogP contribution in [0.5, 0.6) is 0 Å². The van der Waals surface area contributed by atoms with Crippen LogP contribution in [0.15, 0.2) is 42.5 Å². The van der Waals surface area contributed by atoms with Gasteiger partial charge < -0.3 is 10.2 Å². The molecule has 2 aromatic carbocycles. The molecule has 3 rings (SSSR count). The zero-order valence-corrected chi connectivity index (χ0v) is 14.3. The average molecular weight is 330 g/mol. The lowest BCUT2D eigenvalue weighted by Gasteiger charge is -2.30. The van der Waals surface area contributed by atoms with Gasteiger partial charge in [-0.25, -0.2) is 0 Å². The number of carbonyl (C=O) groups is 1. The molecule has 0 aromatic heterocycles. The van der Waals surface area contributed by atoms with Gasteiger partial charge >= 0.3 is 0 Å². The van der Waals surface area contributed by atoms with Crippen LogP contribution in [0.25, 0.3) is 0 Å². The molecule has 1 heterocycles. The van der Waals surface area contributed by atoms with Crippen LogP contribution in [-0.2, 0) is 17.8 Å². The first-order valence-electron chi connectivity index (χ1n) is 8.03. The molecule has 120 valence electrons. The van der Waals surface area contributed by atoms with E-state index in [-0.39, 0.29) is 11.9 Å². The summed E-state index contributed by atoms with van der Waals surface area (Å²) in [5.41, 5.74) is 4.59. The largest absolute Gasteiger partial charge is 0.321 e. The second-order valence-corrected chi connectivity index (χ2v) is 6.71. The van der Waals surface area contributed by atoms with Crippen LogP contribution in [-0.4, -0.2) is 18.5 Å². The predicted octanol–water partition coefficient (Wildman–Crippen LogP) is 2.62. The Labute approximate surface area is 142 Å². The monoisotopic (exact) mass is 329 g/mol. The van der Waals surface area contributed by atoms with E-state index in [0.29, 0.717) is 5.02 Å². The quantitative estimate of drug-likeness (QED) is 0.891. The Morgan fingerprint density at radius 3 is 2.74 bits per heavy atom. The highest BCUT2D eigenvalue weighted by atomic mass is 35.5. The molecule has 23 heavy (non-hydrogen) atoms. The topological polar surface area (TPSA) is 33.5 Å². The van der Waals surface area contributed by atoms with E-state index in [9.17, 15) is 4.79 Å². The Kier molecular flexibility index (Phi) is 4.69. The number of fused-ring (bicyclic) bond motifs is 1. The molecule has 0 fully saturated rings. The number of quaternary nitrogens is 1. The Balaban J connectivity index is 1.70. The van der Waals surface area contributed by atoms with Gasteiger partial charge in [-0.1, -0.05) is 41.9 Å². The fraction of sp³-hybridized carbons (Fsp3) is 0.316. The van der Waals surface area contributed by atoms with Gasteiger partial charge in [-0.15, -0.1) is 0 Å². The highest BCUT2D eigenvalue weighted by Gasteiger charge is 2.29. The molecule has 1 amide bonds. The molecule has 1 aliphatic heterocycles. The number of hydrogen-bond acceptors (Lipinski definition) is 1. The van der Waals surface area contributed by atoms with Gasteiger partial charge in [-0.2, -0.15) is 0 Å². The maximum absolute atomic E-state index is 12.6. The first-order chi connectivity index (χ1) is 11.0. The number of carbonyl (C=O) groups excluding carboxylic acids is 1. The van der Waals surface area contributed by atoms with Crippen molar-refractivity contribution in [2.24, 2.45) is 0 Å². The molecule has 0 saturated carbocycles. The summed E-state index contributed by atoms with van der Waals surface area (Å²) in [7, 11) is 0. The van der Waals surface area contributed by atoms with E-state index in [1.807, 2.05) is 32.0 Å². The van der Waals surface area contributed by atoms with Gasteiger partial charge in [-0.05, 0) is 37.1 Å². The minimum Gasteiger partial charge on any atom is -0.321 e. The molecule has 3 nitrogen and oxygen atoms in total. The third kappa shape index (κ3) is 3.57. The smallest absolute Gasteiger partial charge is 0.282 e. The van der Waals surface area contributed by atoms with Crippen LogP contribution in [0, 0.1) is 6.92 Å². The van der Waals surface area contributed by atoms with Crippen LogP contribution in [0.3, 0.4) is 0 Å².